The number of hydrogen-bond donors (Lipinski definition) is 1. The first-order valence-electron chi connectivity index (χ1n) is 5.26. The molecule has 1 aromatic heterocycles. The molecule has 4 nitrogen and oxygen atoms in total. The Morgan fingerprint density at radius 1 is 1.17 bits per heavy atom. The first-order valence-corrected chi connectivity index (χ1v) is 6.08. The Kier molecular flexibility index (Phi) is 4.33. The average molecular weight is 254 g/mol. The summed E-state index contributed by atoms with van der Waals surface area (Å²) in [6.45, 7) is 0. The molecule has 18 heavy (non-hydrogen) atoms. The molecule has 0 atom stereocenters. The number of amidine groups is 1. The van der Waals surface area contributed by atoms with Crippen molar-refractivity contribution in [3.63, 3.8) is 0 Å². The van der Waals surface area contributed by atoms with E-state index in [-0.39, 0.29) is 0 Å². The maximum atomic E-state index is 8.76. The van der Waals surface area contributed by atoms with Gasteiger partial charge in [-0.25, -0.2) is 9.98 Å². The number of nitrogens with zero attached hydrogens (tertiary/aromatic N) is 3. The zero-order valence-corrected chi connectivity index (χ0v) is 10.3. The first-order chi connectivity index (χ1) is 8.88. The van der Waals surface area contributed by atoms with E-state index < -0.39 is 0 Å². The number of thioether (sulfide) groups is 1. The molecule has 88 valence electrons. The Balaban J connectivity index is 2.19. The van der Waals surface area contributed by atoms with E-state index in [1.165, 1.54) is 0 Å². The summed E-state index contributed by atoms with van der Waals surface area (Å²) in [6, 6.07) is 15.0. The number of hydrogen-bond acceptors (Lipinski definition) is 4. The Hall–Kier alpha value is -2.32. The third kappa shape index (κ3) is 3.61. The normalized spacial score (nSPS) is 10.7. The van der Waals surface area contributed by atoms with Gasteiger partial charge in [0.05, 0.1) is 0 Å². The molecule has 0 saturated carbocycles. The van der Waals surface area contributed by atoms with Crippen molar-refractivity contribution < 1.29 is 0 Å². The number of pyridine rings is 1. The van der Waals surface area contributed by atoms with Crippen LogP contribution < -0.4 is 5.32 Å². The Labute approximate surface area is 109 Å². The lowest BCUT2D eigenvalue weighted by Gasteiger charge is -2.05. The minimum atomic E-state index is 0.502. The molecule has 1 heterocycles. The zero-order valence-electron chi connectivity index (χ0n) is 9.45. The highest BCUT2D eigenvalue weighted by molar-refractivity contribution is 8.18. The highest BCUT2D eigenvalue weighted by atomic mass is 32.2. The highest BCUT2D eigenvalue weighted by Gasteiger charge is 2.01. The summed E-state index contributed by atoms with van der Waals surface area (Å²) in [4.78, 5) is 8.37. The van der Waals surface area contributed by atoms with Gasteiger partial charge in [-0.2, -0.15) is 5.26 Å². The predicted octanol–water partition coefficient (Wildman–Crippen LogP) is 3.40. The number of para-hydroxylation sites is 1. The van der Waals surface area contributed by atoms with Crippen LogP contribution in [0.4, 0.5) is 11.5 Å². The van der Waals surface area contributed by atoms with E-state index in [2.05, 4.69) is 15.3 Å². The van der Waals surface area contributed by atoms with Crippen LogP contribution in [0.3, 0.4) is 0 Å². The molecule has 0 fully saturated rings. The van der Waals surface area contributed by atoms with E-state index in [1.54, 1.807) is 12.3 Å². The molecule has 0 radical (unpaired) electrons. The SMILES string of the molecule is N#CS/C(=N\c1ccccn1)Nc1ccccc1. The predicted molar refractivity (Wildman–Crippen MR) is 74.6 cm³/mol. The van der Waals surface area contributed by atoms with Gasteiger partial charge in [0.2, 0.25) is 0 Å². The topological polar surface area (TPSA) is 61.1 Å². The molecule has 0 bridgehead atoms. The quantitative estimate of drug-likeness (QED) is 0.507. The van der Waals surface area contributed by atoms with Crippen LogP contribution in [0, 0.1) is 10.7 Å². The van der Waals surface area contributed by atoms with E-state index >= 15 is 0 Å². The molecule has 5 heteroatoms. The van der Waals surface area contributed by atoms with E-state index in [0.29, 0.717) is 11.0 Å². The number of anilines is 1. The van der Waals surface area contributed by atoms with Crippen LogP contribution in [0.5, 0.6) is 0 Å². The van der Waals surface area contributed by atoms with Gasteiger partial charge in [-0.3, -0.25) is 0 Å². The standard InChI is InChI=1S/C13H10N4S/c14-10-18-13(16-11-6-2-1-3-7-11)17-12-8-4-5-9-15-12/h1-9H,(H,15,16,17). The number of thiocyanates is 1. The summed E-state index contributed by atoms with van der Waals surface area (Å²) in [5, 5.41) is 14.3. The van der Waals surface area contributed by atoms with Crippen LogP contribution in [-0.2, 0) is 0 Å². The van der Waals surface area contributed by atoms with Crippen molar-refractivity contribution in [3.05, 3.63) is 54.7 Å². The van der Waals surface area contributed by atoms with Gasteiger partial charge in [0.25, 0.3) is 0 Å². The molecule has 0 aliphatic rings. The van der Waals surface area contributed by atoms with Crippen LogP contribution >= 0.6 is 11.8 Å². The number of aliphatic imine (C=N–C) groups is 1. The second-order valence-electron chi connectivity index (χ2n) is 3.29. The Bertz CT molecular complexity index is 561. The van der Waals surface area contributed by atoms with E-state index in [9.17, 15) is 0 Å². The first kappa shape index (κ1) is 12.1. The molecule has 0 amide bonds. The number of aromatic nitrogens is 1. The monoisotopic (exact) mass is 254 g/mol. The van der Waals surface area contributed by atoms with Crippen molar-refractivity contribution in [2.75, 3.05) is 5.32 Å². The maximum Gasteiger partial charge on any atom is 0.182 e. The van der Waals surface area contributed by atoms with Crippen molar-refractivity contribution in [1.82, 2.24) is 4.98 Å². The minimum Gasteiger partial charge on any atom is -0.334 e. The van der Waals surface area contributed by atoms with Gasteiger partial charge in [0.1, 0.15) is 5.40 Å². The van der Waals surface area contributed by atoms with Gasteiger partial charge >= 0.3 is 0 Å². The van der Waals surface area contributed by atoms with Crippen LogP contribution in [0.2, 0.25) is 0 Å². The molecular formula is C13H10N4S. The molecule has 1 N–H and O–H groups in total. The number of nitrogens with one attached hydrogen (secondary N) is 1. The summed E-state index contributed by atoms with van der Waals surface area (Å²) in [5.41, 5.74) is 0.884. The lowest BCUT2D eigenvalue weighted by Crippen LogP contribution is -2.06. The van der Waals surface area contributed by atoms with Crippen molar-refractivity contribution in [1.29, 1.82) is 5.26 Å². The molecule has 2 rings (SSSR count). The Morgan fingerprint density at radius 3 is 2.61 bits per heavy atom. The molecule has 2 aromatic rings. The lowest BCUT2D eigenvalue weighted by atomic mass is 10.3. The fourth-order valence-electron chi connectivity index (χ4n) is 1.29. The van der Waals surface area contributed by atoms with Crippen molar-refractivity contribution in [2.24, 2.45) is 4.99 Å². The average Bonchev–Trinajstić information content (AvgIpc) is 2.41. The fourth-order valence-corrected chi connectivity index (χ4v) is 1.68. The van der Waals surface area contributed by atoms with Gasteiger partial charge < -0.3 is 5.32 Å². The smallest absolute Gasteiger partial charge is 0.182 e. The van der Waals surface area contributed by atoms with E-state index in [0.717, 1.165) is 17.4 Å². The molecule has 1 aromatic carbocycles. The minimum absolute atomic E-state index is 0.502. The summed E-state index contributed by atoms with van der Waals surface area (Å²) in [5.74, 6) is 0.568. The zero-order chi connectivity index (χ0) is 12.6. The molecule has 0 spiro atoms. The van der Waals surface area contributed by atoms with Crippen LogP contribution in [0.1, 0.15) is 0 Å². The van der Waals surface area contributed by atoms with Crippen LogP contribution in [-0.4, -0.2) is 10.2 Å². The van der Waals surface area contributed by atoms with E-state index in [1.807, 2.05) is 47.9 Å². The molecule has 0 saturated heterocycles. The molecule has 0 aliphatic carbocycles. The van der Waals surface area contributed by atoms with Gasteiger partial charge in [-0.1, -0.05) is 24.3 Å². The van der Waals surface area contributed by atoms with E-state index in [4.69, 9.17) is 5.26 Å². The largest absolute Gasteiger partial charge is 0.334 e. The highest BCUT2D eigenvalue weighted by Crippen LogP contribution is 2.14. The van der Waals surface area contributed by atoms with Crippen molar-refractivity contribution >= 4 is 28.4 Å². The van der Waals surface area contributed by atoms with Crippen LogP contribution in [0.25, 0.3) is 0 Å². The third-order valence-electron chi connectivity index (χ3n) is 2.03. The molecule has 0 unspecified atom stereocenters. The van der Waals surface area contributed by atoms with Crippen molar-refractivity contribution in [2.45, 2.75) is 0 Å². The summed E-state index contributed by atoms with van der Waals surface area (Å²) in [6.07, 6.45) is 1.66. The second kappa shape index (κ2) is 6.42. The third-order valence-corrected chi connectivity index (χ3v) is 2.51. The lowest BCUT2D eigenvalue weighted by molar-refractivity contribution is 1.28. The summed E-state index contributed by atoms with van der Waals surface area (Å²) in [7, 11) is 0. The Morgan fingerprint density at radius 2 is 1.94 bits per heavy atom. The molecule has 0 aliphatic heterocycles. The van der Waals surface area contributed by atoms with Gasteiger partial charge in [-0.15, -0.1) is 0 Å². The van der Waals surface area contributed by atoms with Crippen molar-refractivity contribution in [3.8, 4) is 5.40 Å². The number of benzene rings is 1. The summed E-state index contributed by atoms with van der Waals surface area (Å²) >= 11 is 0.971. The van der Waals surface area contributed by atoms with Crippen LogP contribution in [0.15, 0.2) is 59.7 Å². The van der Waals surface area contributed by atoms with Gasteiger partial charge in [0.15, 0.2) is 11.0 Å². The second-order valence-corrected chi connectivity index (χ2v) is 4.06. The number of rotatable bonds is 2. The van der Waals surface area contributed by atoms with Gasteiger partial charge in [0, 0.05) is 23.6 Å². The fraction of sp³-hybridized carbons (Fsp3) is 0. The van der Waals surface area contributed by atoms with Gasteiger partial charge in [-0.05, 0) is 24.3 Å². The maximum absolute atomic E-state index is 8.76. The summed E-state index contributed by atoms with van der Waals surface area (Å²) < 4.78 is 0. The number of nitriles is 1. The molecular weight excluding hydrogens is 244 g/mol.